The minimum absolute atomic E-state index is 0.142. The fourth-order valence-electron chi connectivity index (χ4n) is 4.10. The molecule has 0 unspecified atom stereocenters. The molecule has 33 heavy (non-hydrogen) atoms. The largest absolute Gasteiger partial charge is 0.478 e. The second kappa shape index (κ2) is 8.26. The Morgan fingerprint density at radius 2 is 1.76 bits per heavy atom. The van der Waals surface area contributed by atoms with Gasteiger partial charge < -0.3 is 19.1 Å². The third-order valence-electron chi connectivity index (χ3n) is 5.62. The summed E-state index contributed by atoms with van der Waals surface area (Å²) in [5.74, 6) is 0.0297. The number of aromatic nitrogens is 1. The van der Waals surface area contributed by atoms with E-state index in [1.165, 1.54) is 4.57 Å². The van der Waals surface area contributed by atoms with Gasteiger partial charge in [-0.3, -0.25) is 4.79 Å². The van der Waals surface area contributed by atoms with Crippen molar-refractivity contribution in [3.05, 3.63) is 99.4 Å². The Balaban J connectivity index is 1.85. The molecule has 0 saturated carbocycles. The molecule has 6 nitrogen and oxygen atoms in total. The van der Waals surface area contributed by atoms with Crippen molar-refractivity contribution in [3.8, 4) is 22.6 Å². The predicted molar refractivity (Wildman–Crippen MR) is 130 cm³/mol. The number of hydrogen-bond acceptors (Lipinski definition) is 4. The van der Waals surface area contributed by atoms with Crippen LogP contribution in [0, 0.1) is 0 Å². The quantitative estimate of drug-likeness (QED) is 0.373. The van der Waals surface area contributed by atoms with Crippen molar-refractivity contribution in [1.29, 1.82) is 0 Å². The lowest BCUT2D eigenvalue weighted by molar-refractivity contribution is -0.130. The molecule has 0 atom stereocenters. The average molecular weight is 504 g/mol. The van der Waals surface area contributed by atoms with Crippen LogP contribution in [0.4, 0.5) is 0 Å². The van der Waals surface area contributed by atoms with Crippen LogP contribution in [-0.2, 0) is 11.3 Å². The first-order valence-electron chi connectivity index (χ1n) is 10.2. The van der Waals surface area contributed by atoms with Crippen LogP contribution in [0.25, 0.3) is 27.5 Å². The molecule has 0 amide bonds. The number of nitrogens with zero attached hydrogens (tertiary/aromatic N) is 1. The summed E-state index contributed by atoms with van der Waals surface area (Å²) in [6.07, 6.45) is 0. The van der Waals surface area contributed by atoms with Crippen molar-refractivity contribution < 1.29 is 19.4 Å². The van der Waals surface area contributed by atoms with Crippen LogP contribution in [0.2, 0.25) is 0 Å². The van der Waals surface area contributed by atoms with Crippen LogP contribution >= 0.6 is 15.9 Å². The molecule has 1 aliphatic rings. The van der Waals surface area contributed by atoms with Crippen LogP contribution < -0.4 is 15.0 Å². The van der Waals surface area contributed by atoms with Gasteiger partial charge in [-0.2, -0.15) is 0 Å². The molecule has 0 spiro atoms. The van der Waals surface area contributed by atoms with E-state index in [4.69, 9.17) is 9.47 Å². The molecule has 4 aromatic rings. The summed E-state index contributed by atoms with van der Waals surface area (Å²) >= 11 is 3.48. The molecule has 7 heteroatoms. The van der Waals surface area contributed by atoms with Crippen molar-refractivity contribution in [3.63, 3.8) is 0 Å². The minimum atomic E-state index is -1.19. The van der Waals surface area contributed by atoms with E-state index >= 15 is 0 Å². The zero-order chi connectivity index (χ0) is 23.1. The van der Waals surface area contributed by atoms with Gasteiger partial charge in [0.05, 0.1) is 17.8 Å². The van der Waals surface area contributed by atoms with E-state index in [0.29, 0.717) is 27.8 Å². The van der Waals surface area contributed by atoms with Gasteiger partial charge in [0, 0.05) is 15.4 Å². The van der Waals surface area contributed by atoms with E-state index in [0.717, 1.165) is 15.6 Å². The number of halogens is 1. The van der Waals surface area contributed by atoms with E-state index in [1.807, 2.05) is 42.5 Å². The summed E-state index contributed by atoms with van der Waals surface area (Å²) in [6, 6.07) is 20.2. The zero-order valence-corrected chi connectivity index (χ0v) is 19.0. The Morgan fingerprint density at radius 3 is 2.52 bits per heavy atom. The van der Waals surface area contributed by atoms with Crippen LogP contribution in [-0.4, -0.2) is 22.4 Å². The number of fused-ring (bicyclic) bond motifs is 2. The fourth-order valence-corrected chi connectivity index (χ4v) is 4.47. The minimum Gasteiger partial charge on any atom is -0.478 e. The lowest BCUT2D eigenvalue weighted by atomic mass is 9.93. The highest BCUT2D eigenvalue weighted by molar-refractivity contribution is 9.10. The summed E-state index contributed by atoms with van der Waals surface area (Å²) < 4.78 is 13.1. The smallest absolute Gasteiger partial charge is 0.337 e. The number of carboxylic acids is 1. The number of benzene rings is 3. The molecule has 3 aromatic carbocycles. The number of rotatable bonds is 5. The first-order chi connectivity index (χ1) is 15.9. The Morgan fingerprint density at radius 1 is 1.00 bits per heavy atom. The van der Waals surface area contributed by atoms with Gasteiger partial charge in [0.2, 0.25) is 6.79 Å². The molecule has 1 aromatic heterocycles. The van der Waals surface area contributed by atoms with Gasteiger partial charge in [-0.1, -0.05) is 58.9 Å². The highest BCUT2D eigenvalue weighted by atomic mass is 79.9. The summed E-state index contributed by atoms with van der Waals surface area (Å²) in [4.78, 5) is 25.8. The summed E-state index contributed by atoms with van der Waals surface area (Å²) in [5, 5.41) is 11.0. The predicted octanol–water partition coefficient (Wildman–Crippen LogP) is 5.31. The normalized spacial score (nSPS) is 12.2. The van der Waals surface area contributed by atoms with Gasteiger partial charge in [0.25, 0.3) is 5.56 Å². The molecule has 5 rings (SSSR count). The van der Waals surface area contributed by atoms with E-state index in [1.54, 1.807) is 24.3 Å². The maximum absolute atomic E-state index is 13.7. The van der Waals surface area contributed by atoms with Crippen molar-refractivity contribution in [1.82, 2.24) is 4.57 Å². The van der Waals surface area contributed by atoms with E-state index in [2.05, 4.69) is 22.5 Å². The second-order valence-corrected chi connectivity index (χ2v) is 8.56. The van der Waals surface area contributed by atoms with E-state index in [9.17, 15) is 14.7 Å². The van der Waals surface area contributed by atoms with E-state index in [-0.39, 0.29) is 30.2 Å². The van der Waals surface area contributed by atoms with Gasteiger partial charge in [0.15, 0.2) is 11.5 Å². The maximum atomic E-state index is 13.7. The van der Waals surface area contributed by atoms with Gasteiger partial charge in [-0.15, -0.1) is 0 Å². The lowest BCUT2D eigenvalue weighted by Gasteiger charge is -2.20. The van der Waals surface area contributed by atoms with Gasteiger partial charge in [0.1, 0.15) is 0 Å². The van der Waals surface area contributed by atoms with Crippen LogP contribution in [0.1, 0.15) is 11.3 Å². The third kappa shape index (κ3) is 3.70. The molecule has 1 N–H and O–H groups in total. The Hall–Kier alpha value is -3.84. The van der Waals surface area contributed by atoms with Crippen LogP contribution in [0.15, 0.2) is 82.6 Å². The highest BCUT2D eigenvalue weighted by Gasteiger charge is 2.24. The van der Waals surface area contributed by atoms with Gasteiger partial charge in [-0.05, 0) is 46.8 Å². The first kappa shape index (κ1) is 21.0. The molecule has 2 heterocycles. The highest BCUT2D eigenvalue weighted by Crippen LogP contribution is 2.37. The molecule has 0 bridgehead atoms. The van der Waals surface area contributed by atoms with E-state index < -0.39 is 5.97 Å². The molecular weight excluding hydrogens is 486 g/mol. The Labute approximate surface area is 197 Å². The number of aliphatic carboxylic acids is 1. The molecule has 0 saturated heterocycles. The topological polar surface area (TPSA) is 77.8 Å². The molecule has 1 aliphatic heterocycles. The Bertz CT molecular complexity index is 1490. The fraction of sp³-hybridized carbons (Fsp3) is 0.0769. The molecule has 0 aliphatic carbocycles. The SMILES string of the molecule is C=C(C(=O)O)c1c(-c2ccccc2)c2cc(Br)ccc2c(=O)n1Cc1ccc2c(c1)OCO2. The monoisotopic (exact) mass is 503 g/mol. The lowest BCUT2D eigenvalue weighted by Crippen LogP contribution is -2.26. The molecular formula is C26H18BrNO5. The molecule has 164 valence electrons. The molecule has 0 fully saturated rings. The van der Waals surface area contributed by atoms with Gasteiger partial charge in [-0.25, -0.2) is 4.79 Å². The maximum Gasteiger partial charge on any atom is 0.337 e. The third-order valence-corrected chi connectivity index (χ3v) is 6.11. The average Bonchev–Trinajstić information content (AvgIpc) is 3.28. The van der Waals surface area contributed by atoms with Crippen molar-refractivity contribution >= 4 is 38.2 Å². The number of carbonyl (C=O) groups is 1. The summed E-state index contributed by atoms with van der Waals surface area (Å²) in [5.41, 5.74) is 2.01. The summed E-state index contributed by atoms with van der Waals surface area (Å²) in [6.45, 7) is 4.11. The van der Waals surface area contributed by atoms with Crippen molar-refractivity contribution in [2.45, 2.75) is 6.54 Å². The standard InChI is InChI=1S/C26H18BrNO5/c1-15(26(30)31)24-23(17-5-3-2-4-6-17)20-12-18(27)8-9-19(20)25(29)28(24)13-16-7-10-21-22(11-16)33-14-32-21/h2-12H,1,13-14H2,(H,30,31). The summed E-state index contributed by atoms with van der Waals surface area (Å²) in [7, 11) is 0. The number of hydrogen-bond donors (Lipinski definition) is 1. The zero-order valence-electron chi connectivity index (χ0n) is 17.4. The van der Waals surface area contributed by atoms with Crippen LogP contribution in [0.3, 0.4) is 0 Å². The van der Waals surface area contributed by atoms with Crippen molar-refractivity contribution in [2.75, 3.05) is 6.79 Å². The number of carboxylic acid groups (broad SMARTS) is 1. The number of pyridine rings is 1. The van der Waals surface area contributed by atoms with Crippen LogP contribution in [0.5, 0.6) is 11.5 Å². The van der Waals surface area contributed by atoms with Gasteiger partial charge >= 0.3 is 5.97 Å². The first-order valence-corrected chi connectivity index (χ1v) is 11.0. The molecule has 0 radical (unpaired) electrons. The Kier molecular flexibility index (Phi) is 5.26. The van der Waals surface area contributed by atoms with Crippen molar-refractivity contribution in [2.24, 2.45) is 0 Å². The number of ether oxygens (including phenoxy) is 2. The second-order valence-electron chi connectivity index (χ2n) is 7.64.